The lowest BCUT2D eigenvalue weighted by molar-refractivity contribution is 0.311. The first kappa shape index (κ1) is 11.8. The second kappa shape index (κ2) is 4.68. The van der Waals surface area contributed by atoms with E-state index in [2.05, 4.69) is 9.28 Å². The molecule has 0 radical (unpaired) electrons. The Balaban J connectivity index is 2.12. The van der Waals surface area contributed by atoms with Gasteiger partial charge in [0, 0.05) is 11.8 Å². The monoisotopic (exact) mass is 252 g/mol. The minimum absolute atomic E-state index is 0.00562. The van der Waals surface area contributed by atoms with Crippen LogP contribution in [0.3, 0.4) is 0 Å². The Morgan fingerprint density at radius 3 is 2.65 bits per heavy atom. The number of aromatic nitrogens is 2. The molecule has 0 amide bonds. The van der Waals surface area contributed by atoms with Crippen LogP contribution in [0.25, 0.3) is 5.69 Å². The number of rotatable bonds is 4. The smallest absolute Gasteiger partial charge is 0.264 e. The van der Waals surface area contributed by atoms with Crippen molar-refractivity contribution in [2.24, 2.45) is 0 Å². The molecule has 0 saturated carbocycles. The topological polar surface area (TPSA) is 61.2 Å². The zero-order valence-corrected chi connectivity index (χ0v) is 10.1. The average Bonchev–Trinajstić information content (AvgIpc) is 2.75. The van der Waals surface area contributed by atoms with Crippen LogP contribution in [0.2, 0.25) is 0 Å². The first-order valence-electron chi connectivity index (χ1n) is 4.98. The maximum absolute atomic E-state index is 10.8. The van der Waals surface area contributed by atoms with Crippen LogP contribution < -0.4 is 0 Å². The number of nitrogens with zero attached hydrogens (tertiary/aromatic N) is 2. The number of benzene rings is 1. The maximum atomic E-state index is 10.8. The standard InChI is InChI=1S/C11H12N2O3S/c1-17(14,15)16-9-10-7-12-13(8-10)11-5-3-2-4-6-11/h2-8H,9H2,1H3. The predicted octanol–water partition coefficient (Wildman–Crippen LogP) is 1.35. The highest BCUT2D eigenvalue weighted by molar-refractivity contribution is 7.85. The van der Waals surface area contributed by atoms with Crippen LogP contribution in [0.15, 0.2) is 42.7 Å². The predicted molar refractivity (Wildman–Crippen MR) is 63.2 cm³/mol. The highest BCUT2D eigenvalue weighted by atomic mass is 32.2. The minimum Gasteiger partial charge on any atom is -0.265 e. The van der Waals surface area contributed by atoms with Gasteiger partial charge in [-0.1, -0.05) is 18.2 Å². The van der Waals surface area contributed by atoms with Crippen LogP contribution in [0.5, 0.6) is 0 Å². The van der Waals surface area contributed by atoms with Crippen LogP contribution in [0.1, 0.15) is 5.56 Å². The summed E-state index contributed by atoms with van der Waals surface area (Å²) < 4.78 is 28.0. The fourth-order valence-corrected chi connectivity index (χ4v) is 1.68. The largest absolute Gasteiger partial charge is 0.265 e. The molecule has 0 aliphatic rings. The van der Waals surface area contributed by atoms with Gasteiger partial charge in [-0.2, -0.15) is 13.5 Å². The van der Waals surface area contributed by atoms with E-state index in [1.54, 1.807) is 17.1 Å². The molecule has 0 bridgehead atoms. The van der Waals surface area contributed by atoms with E-state index in [0.717, 1.165) is 11.9 Å². The number of hydrogen-bond donors (Lipinski definition) is 0. The third-order valence-electron chi connectivity index (χ3n) is 2.10. The normalized spacial score (nSPS) is 11.6. The lowest BCUT2D eigenvalue weighted by Gasteiger charge is -1.99. The van der Waals surface area contributed by atoms with Crippen molar-refractivity contribution in [3.63, 3.8) is 0 Å². The molecular weight excluding hydrogens is 240 g/mol. The van der Waals surface area contributed by atoms with E-state index in [1.165, 1.54) is 0 Å². The molecule has 0 spiro atoms. The van der Waals surface area contributed by atoms with Gasteiger partial charge in [0.05, 0.1) is 24.7 Å². The van der Waals surface area contributed by atoms with E-state index < -0.39 is 10.1 Å². The number of para-hydroxylation sites is 1. The van der Waals surface area contributed by atoms with Gasteiger partial charge in [-0.25, -0.2) is 4.68 Å². The van der Waals surface area contributed by atoms with Gasteiger partial charge < -0.3 is 0 Å². The van der Waals surface area contributed by atoms with Crippen molar-refractivity contribution in [2.45, 2.75) is 6.61 Å². The molecule has 0 aliphatic heterocycles. The van der Waals surface area contributed by atoms with Gasteiger partial charge in [0.15, 0.2) is 0 Å². The van der Waals surface area contributed by atoms with Gasteiger partial charge in [-0.05, 0) is 12.1 Å². The summed E-state index contributed by atoms with van der Waals surface area (Å²) in [6.07, 6.45) is 4.34. The minimum atomic E-state index is -3.41. The lowest BCUT2D eigenvalue weighted by atomic mass is 10.3. The van der Waals surface area contributed by atoms with Crippen LogP contribution in [0, 0.1) is 0 Å². The van der Waals surface area contributed by atoms with Crippen molar-refractivity contribution < 1.29 is 12.6 Å². The summed E-state index contributed by atoms with van der Waals surface area (Å²) in [7, 11) is -3.41. The van der Waals surface area contributed by atoms with Crippen molar-refractivity contribution in [3.05, 3.63) is 48.3 Å². The molecule has 90 valence electrons. The first-order valence-corrected chi connectivity index (χ1v) is 6.80. The Labute approximate surface area is 99.8 Å². The summed E-state index contributed by atoms with van der Waals surface area (Å²) in [5.74, 6) is 0. The van der Waals surface area contributed by atoms with E-state index in [9.17, 15) is 8.42 Å². The quantitative estimate of drug-likeness (QED) is 0.771. The molecule has 1 aromatic heterocycles. The molecule has 1 aromatic carbocycles. The van der Waals surface area contributed by atoms with Gasteiger partial charge in [-0.3, -0.25) is 4.18 Å². The van der Waals surface area contributed by atoms with Crippen molar-refractivity contribution in [3.8, 4) is 5.69 Å². The van der Waals surface area contributed by atoms with Crippen LogP contribution in [0.4, 0.5) is 0 Å². The van der Waals surface area contributed by atoms with Crippen molar-refractivity contribution in [2.75, 3.05) is 6.26 Å². The average molecular weight is 252 g/mol. The zero-order valence-electron chi connectivity index (χ0n) is 9.28. The molecule has 1 heterocycles. The van der Waals surface area contributed by atoms with E-state index >= 15 is 0 Å². The Kier molecular flexibility index (Phi) is 3.26. The molecule has 0 unspecified atom stereocenters. The molecular formula is C11H12N2O3S. The molecule has 17 heavy (non-hydrogen) atoms. The van der Waals surface area contributed by atoms with Crippen molar-refractivity contribution in [1.29, 1.82) is 0 Å². The van der Waals surface area contributed by atoms with Crippen molar-refractivity contribution in [1.82, 2.24) is 9.78 Å². The molecule has 2 aromatic rings. The molecule has 6 heteroatoms. The molecule has 0 saturated heterocycles. The molecule has 0 fully saturated rings. The third kappa shape index (κ3) is 3.40. The van der Waals surface area contributed by atoms with Gasteiger partial charge in [0.1, 0.15) is 0 Å². The molecule has 5 nitrogen and oxygen atoms in total. The van der Waals surface area contributed by atoms with E-state index in [0.29, 0.717) is 5.56 Å². The molecule has 0 atom stereocenters. The lowest BCUT2D eigenvalue weighted by Crippen LogP contribution is -2.02. The summed E-state index contributed by atoms with van der Waals surface area (Å²) in [5.41, 5.74) is 1.62. The third-order valence-corrected chi connectivity index (χ3v) is 2.64. The summed E-state index contributed by atoms with van der Waals surface area (Å²) in [5, 5.41) is 4.13. The Morgan fingerprint density at radius 1 is 1.29 bits per heavy atom. The van der Waals surface area contributed by atoms with Crippen LogP contribution in [-0.2, 0) is 20.9 Å². The molecule has 0 N–H and O–H groups in total. The van der Waals surface area contributed by atoms with E-state index in [-0.39, 0.29) is 6.61 Å². The first-order chi connectivity index (χ1) is 8.04. The summed E-state index contributed by atoms with van der Waals surface area (Å²) >= 11 is 0. The fourth-order valence-electron chi connectivity index (χ4n) is 1.33. The fraction of sp³-hybridized carbons (Fsp3) is 0.182. The second-order valence-corrected chi connectivity index (χ2v) is 5.24. The van der Waals surface area contributed by atoms with Gasteiger partial charge in [0.2, 0.25) is 0 Å². The Hall–Kier alpha value is -1.66. The van der Waals surface area contributed by atoms with E-state index in [4.69, 9.17) is 0 Å². The van der Waals surface area contributed by atoms with Crippen LogP contribution >= 0.6 is 0 Å². The van der Waals surface area contributed by atoms with Gasteiger partial charge in [0.25, 0.3) is 10.1 Å². The highest BCUT2D eigenvalue weighted by Crippen LogP contribution is 2.08. The maximum Gasteiger partial charge on any atom is 0.264 e. The second-order valence-electron chi connectivity index (χ2n) is 3.60. The Morgan fingerprint density at radius 2 is 2.00 bits per heavy atom. The number of hydrogen-bond acceptors (Lipinski definition) is 4. The van der Waals surface area contributed by atoms with Gasteiger partial charge >= 0.3 is 0 Å². The highest BCUT2D eigenvalue weighted by Gasteiger charge is 2.05. The molecule has 2 rings (SSSR count). The summed E-state index contributed by atoms with van der Waals surface area (Å²) in [6, 6.07) is 9.55. The van der Waals surface area contributed by atoms with Crippen LogP contribution in [-0.4, -0.2) is 24.5 Å². The molecule has 0 aliphatic carbocycles. The summed E-state index contributed by atoms with van der Waals surface area (Å²) in [6.45, 7) is 0.00562. The van der Waals surface area contributed by atoms with Crippen molar-refractivity contribution >= 4 is 10.1 Å². The SMILES string of the molecule is CS(=O)(=O)OCc1cnn(-c2ccccc2)c1. The zero-order chi connectivity index (χ0) is 12.3. The Bertz CT molecular complexity index is 590. The van der Waals surface area contributed by atoms with Gasteiger partial charge in [-0.15, -0.1) is 0 Å². The van der Waals surface area contributed by atoms with E-state index in [1.807, 2.05) is 30.3 Å². The summed E-state index contributed by atoms with van der Waals surface area (Å²) in [4.78, 5) is 0.